The van der Waals surface area contributed by atoms with E-state index < -0.39 is 0 Å². The van der Waals surface area contributed by atoms with E-state index in [2.05, 4.69) is 5.16 Å². The predicted octanol–water partition coefficient (Wildman–Crippen LogP) is 2.73. The van der Waals surface area contributed by atoms with Gasteiger partial charge in [0, 0.05) is 6.61 Å². The summed E-state index contributed by atoms with van der Waals surface area (Å²) in [5, 5.41) is 3.85. The van der Waals surface area contributed by atoms with Gasteiger partial charge in [0.05, 0.1) is 12.8 Å². The van der Waals surface area contributed by atoms with Crippen molar-refractivity contribution in [3.8, 4) is 0 Å². The maximum atomic E-state index is 5.48. The van der Waals surface area contributed by atoms with Crippen LogP contribution in [0.25, 0.3) is 0 Å². The Labute approximate surface area is 108 Å². The lowest BCUT2D eigenvalue weighted by Crippen LogP contribution is -2.22. The topological polar surface area (TPSA) is 40.0 Å². The van der Waals surface area contributed by atoms with Crippen LogP contribution < -0.4 is 0 Å². The summed E-state index contributed by atoms with van der Waals surface area (Å²) in [5.74, 6) is 0. The largest absolute Gasteiger partial charge is 0.391 e. The minimum Gasteiger partial charge on any atom is -0.391 e. The highest BCUT2D eigenvalue weighted by molar-refractivity contribution is 5.57. The molecule has 0 unspecified atom stereocenters. The number of oxime groups is 1. The number of benzene rings is 1. The normalized spacial score (nSPS) is 20.1. The first-order chi connectivity index (χ1) is 8.95. The van der Waals surface area contributed by atoms with Gasteiger partial charge < -0.3 is 14.3 Å². The van der Waals surface area contributed by atoms with Crippen molar-refractivity contribution in [1.29, 1.82) is 0 Å². The summed E-state index contributed by atoms with van der Waals surface area (Å²) >= 11 is 0. The Kier molecular flexibility index (Phi) is 5.69. The van der Waals surface area contributed by atoms with Gasteiger partial charge >= 0.3 is 0 Å². The minimum atomic E-state index is -0.0701. The van der Waals surface area contributed by atoms with Gasteiger partial charge in [0.15, 0.2) is 6.29 Å². The minimum absolute atomic E-state index is 0.0701. The zero-order valence-corrected chi connectivity index (χ0v) is 10.5. The molecule has 1 saturated heterocycles. The van der Waals surface area contributed by atoms with E-state index in [4.69, 9.17) is 14.3 Å². The Morgan fingerprint density at radius 2 is 2.17 bits per heavy atom. The summed E-state index contributed by atoms with van der Waals surface area (Å²) in [6.07, 6.45) is 4.83. The van der Waals surface area contributed by atoms with Gasteiger partial charge in [0.1, 0.15) is 6.61 Å². The van der Waals surface area contributed by atoms with Crippen molar-refractivity contribution in [3.63, 3.8) is 0 Å². The molecule has 0 radical (unpaired) electrons. The molecule has 4 heteroatoms. The predicted molar refractivity (Wildman–Crippen MR) is 69.3 cm³/mol. The second-order valence-corrected chi connectivity index (χ2v) is 4.18. The molecule has 0 aliphatic carbocycles. The first-order valence-electron chi connectivity index (χ1n) is 6.36. The summed E-state index contributed by atoms with van der Waals surface area (Å²) in [6.45, 7) is 1.71. The Hall–Kier alpha value is -1.39. The van der Waals surface area contributed by atoms with Crippen molar-refractivity contribution in [2.45, 2.75) is 32.2 Å². The van der Waals surface area contributed by atoms with Crippen LogP contribution in [0.3, 0.4) is 0 Å². The maximum absolute atomic E-state index is 5.48. The first-order valence-corrected chi connectivity index (χ1v) is 6.36. The van der Waals surface area contributed by atoms with Crippen LogP contribution in [0.2, 0.25) is 0 Å². The average molecular weight is 249 g/mol. The van der Waals surface area contributed by atoms with E-state index in [9.17, 15) is 0 Å². The molecule has 0 bridgehead atoms. The van der Waals surface area contributed by atoms with E-state index in [-0.39, 0.29) is 6.29 Å². The van der Waals surface area contributed by atoms with Gasteiger partial charge in [-0.1, -0.05) is 35.5 Å². The van der Waals surface area contributed by atoms with Crippen LogP contribution in [0, 0.1) is 0 Å². The molecular formula is C14H19NO3. The highest BCUT2D eigenvalue weighted by atomic mass is 16.7. The van der Waals surface area contributed by atoms with Crippen molar-refractivity contribution < 1.29 is 14.3 Å². The summed E-state index contributed by atoms with van der Waals surface area (Å²) < 4.78 is 10.9. The zero-order chi connectivity index (χ0) is 12.5. The molecule has 1 aliphatic rings. The number of rotatable bonds is 6. The van der Waals surface area contributed by atoms with Gasteiger partial charge in [-0.15, -0.1) is 0 Å². The molecule has 0 saturated carbocycles. The molecule has 98 valence electrons. The standard InChI is InChI=1S/C14H19NO3/c1-2-6-13(7-3-1)12-18-15-9-11-17-14-8-4-5-10-16-14/h1-3,6-7,9,14H,4-5,8,10-12H2/t14-/m0/s1. The Morgan fingerprint density at radius 1 is 1.28 bits per heavy atom. The molecule has 4 nitrogen and oxygen atoms in total. The number of ether oxygens (including phenoxy) is 2. The molecular weight excluding hydrogens is 230 g/mol. The quantitative estimate of drug-likeness (QED) is 0.575. The first kappa shape index (κ1) is 13.1. The summed E-state index contributed by atoms with van der Waals surface area (Å²) in [6, 6.07) is 9.94. The third-order valence-electron chi connectivity index (χ3n) is 2.72. The fraction of sp³-hybridized carbons (Fsp3) is 0.500. The number of nitrogens with zero attached hydrogens (tertiary/aromatic N) is 1. The van der Waals surface area contributed by atoms with Gasteiger partial charge in [0.25, 0.3) is 0 Å². The molecule has 1 aromatic rings. The fourth-order valence-electron chi connectivity index (χ4n) is 1.76. The van der Waals surface area contributed by atoms with Crippen LogP contribution in [0.5, 0.6) is 0 Å². The second kappa shape index (κ2) is 7.84. The van der Waals surface area contributed by atoms with Crippen LogP contribution in [0.1, 0.15) is 24.8 Å². The van der Waals surface area contributed by atoms with E-state index in [1.54, 1.807) is 6.21 Å². The lowest BCUT2D eigenvalue weighted by atomic mass is 10.2. The van der Waals surface area contributed by atoms with Crippen LogP contribution in [-0.4, -0.2) is 25.7 Å². The van der Waals surface area contributed by atoms with Crippen molar-refractivity contribution in [2.75, 3.05) is 13.2 Å². The van der Waals surface area contributed by atoms with Crippen LogP contribution >= 0.6 is 0 Å². The third-order valence-corrected chi connectivity index (χ3v) is 2.72. The highest BCUT2D eigenvalue weighted by Crippen LogP contribution is 2.12. The third kappa shape index (κ3) is 4.85. The molecule has 1 aliphatic heterocycles. The lowest BCUT2D eigenvalue weighted by Gasteiger charge is -2.21. The van der Waals surface area contributed by atoms with Gasteiger partial charge in [-0.3, -0.25) is 0 Å². The smallest absolute Gasteiger partial charge is 0.158 e. The van der Waals surface area contributed by atoms with Crippen molar-refractivity contribution in [1.82, 2.24) is 0 Å². The van der Waals surface area contributed by atoms with Gasteiger partial charge in [0.2, 0.25) is 0 Å². The van der Waals surface area contributed by atoms with Crippen LogP contribution in [-0.2, 0) is 20.9 Å². The van der Waals surface area contributed by atoms with E-state index >= 15 is 0 Å². The van der Waals surface area contributed by atoms with Gasteiger partial charge in [-0.25, -0.2) is 0 Å². The molecule has 0 spiro atoms. The highest BCUT2D eigenvalue weighted by Gasteiger charge is 2.12. The average Bonchev–Trinajstić information content (AvgIpc) is 2.45. The molecule has 18 heavy (non-hydrogen) atoms. The SMILES string of the molecule is C(CO[C@H]1CCCCO1)=NOCc1ccccc1. The fourth-order valence-corrected chi connectivity index (χ4v) is 1.76. The van der Waals surface area contributed by atoms with Gasteiger partial charge in [-0.2, -0.15) is 0 Å². The molecule has 0 N–H and O–H groups in total. The maximum Gasteiger partial charge on any atom is 0.158 e. The number of hydrogen-bond donors (Lipinski definition) is 0. The lowest BCUT2D eigenvalue weighted by molar-refractivity contribution is -0.152. The van der Waals surface area contributed by atoms with Crippen LogP contribution in [0.15, 0.2) is 35.5 Å². The molecule has 0 amide bonds. The summed E-state index contributed by atoms with van der Waals surface area (Å²) in [5.41, 5.74) is 1.10. The van der Waals surface area contributed by atoms with Gasteiger partial charge in [-0.05, 0) is 24.8 Å². The summed E-state index contributed by atoms with van der Waals surface area (Å²) in [4.78, 5) is 5.16. The number of hydrogen-bond acceptors (Lipinski definition) is 4. The van der Waals surface area contributed by atoms with E-state index in [0.29, 0.717) is 13.2 Å². The van der Waals surface area contributed by atoms with E-state index in [0.717, 1.165) is 25.0 Å². The molecule has 1 aromatic carbocycles. The molecule has 0 aromatic heterocycles. The van der Waals surface area contributed by atoms with E-state index in [1.807, 2.05) is 30.3 Å². The van der Waals surface area contributed by atoms with Crippen molar-refractivity contribution >= 4 is 6.21 Å². The van der Waals surface area contributed by atoms with Crippen LogP contribution in [0.4, 0.5) is 0 Å². The second-order valence-electron chi connectivity index (χ2n) is 4.18. The molecule has 1 heterocycles. The van der Waals surface area contributed by atoms with Crippen molar-refractivity contribution in [2.24, 2.45) is 5.16 Å². The molecule has 1 fully saturated rings. The Bertz CT molecular complexity index is 347. The Morgan fingerprint density at radius 3 is 2.94 bits per heavy atom. The Balaban J connectivity index is 1.55. The monoisotopic (exact) mass is 249 g/mol. The van der Waals surface area contributed by atoms with E-state index in [1.165, 1.54) is 6.42 Å². The molecule has 1 atom stereocenters. The zero-order valence-electron chi connectivity index (χ0n) is 10.5. The summed E-state index contributed by atoms with van der Waals surface area (Å²) in [7, 11) is 0. The van der Waals surface area contributed by atoms with Crippen molar-refractivity contribution in [3.05, 3.63) is 35.9 Å². The molecule has 2 rings (SSSR count).